The van der Waals surface area contributed by atoms with Gasteiger partial charge in [-0.1, -0.05) is 29.8 Å². The molecule has 1 amide bonds. The summed E-state index contributed by atoms with van der Waals surface area (Å²) >= 11 is 5.27. The van der Waals surface area contributed by atoms with E-state index in [1.165, 1.54) is 0 Å². The fourth-order valence-corrected chi connectivity index (χ4v) is 3.47. The first-order valence-electron chi connectivity index (χ1n) is 6.57. The molecule has 0 saturated carbocycles. The molecule has 0 bridgehead atoms. The van der Waals surface area contributed by atoms with Crippen LogP contribution in [0.25, 0.3) is 0 Å². The molecule has 0 unspecified atom stereocenters. The molecule has 0 spiro atoms. The number of thioether (sulfide) groups is 1. The Kier molecular flexibility index (Phi) is 6.40. The molecule has 4 heteroatoms. The summed E-state index contributed by atoms with van der Waals surface area (Å²) in [5.74, 6) is 0.00438. The first-order valence-corrected chi connectivity index (χ1v) is 8.58. The lowest BCUT2D eigenvalue weighted by molar-refractivity contribution is 0.0949. The highest BCUT2D eigenvalue weighted by molar-refractivity contribution is 9.10. The fourth-order valence-electron chi connectivity index (χ4n) is 2.07. The molecule has 0 radical (unpaired) electrons. The van der Waals surface area contributed by atoms with Crippen LogP contribution < -0.4 is 5.32 Å². The monoisotopic (exact) mass is 343 g/mol. The van der Waals surface area contributed by atoms with Crippen molar-refractivity contribution in [2.75, 3.05) is 12.8 Å². The molecule has 1 aromatic rings. The van der Waals surface area contributed by atoms with Crippen molar-refractivity contribution in [2.45, 2.75) is 38.4 Å². The summed E-state index contributed by atoms with van der Waals surface area (Å²) in [4.78, 5) is 12.2. The summed E-state index contributed by atoms with van der Waals surface area (Å²) < 4.78 is 1.09. The van der Waals surface area contributed by atoms with E-state index in [2.05, 4.69) is 41.3 Å². The Hall–Kier alpha value is -0.480. The van der Waals surface area contributed by atoms with Crippen LogP contribution in [-0.4, -0.2) is 23.5 Å². The lowest BCUT2D eigenvalue weighted by Gasteiger charge is -2.29. The third kappa shape index (κ3) is 4.53. The molecule has 1 rings (SSSR count). The molecular weight excluding hydrogens is 322 g/mol. The number of rotatable bonds is 6. The average molecular weight is 344 g/mol. The number of benzene rings is 1. The standard InChI is InChI=1S/C15H22BrNOS/c1-5-15(6-2,19-4)10-17-14(18)12-7-11(3)8-13(16)9-12/h7-9H,5-6,10H2,1-4H3,(H,17,18). The molecule has 0 saturated heterocycles. The molecule has 0 aliphatic carbocycles. The van der Waals surface area contributed by atoms with E-state index >= 15 is 0 Å². The van der Waals surface area contributed by atoms with E-state index < -0.39 is 0 Å². The minimum absolute atomic E-state index is 0.00438. The summed E-state index contributed by atoms with van der Waals surface area (Å²) in [6.07, 6.45) is 4.23. The van der Waals surface area contributed by atoms with Crippen molar-refractivity contribution < 1.29 is 4.79 Å². The minimum atomic E-state index is 0.00438. The summed E-state index contributed by atoms with van der Waals surface area (Å²) in [5.41, 5.74) is 1.80. The number of aryl methyl sites for hydroxylation is 1. The molecule has 0 atom stereocenters. The maximum absolute atomic E-state index is 12.2. The molecule has 0 aliphatic rings. The normalized spacial score (nSPS) is 11.4. The van der Waals surface area contributed by atoms with E-state index in [-0.39, 0.29) is 10.7 Å². The third-order valence-corrected chi connectivity index (χ3v) is 5.64. The van der Waals surface area contributed by atoms with Gasteiger partial charge in [0.05, 0.1) is 0 Å². The van der Waals surface area contributed by atoms with Gasteiger partial charge in [-0.25, -0.2) is 0 Å². The first-order chi connectivity index (χ1) is 8.96. The van der Waals surface area contributed by atoms with Crippen LogP contribution in [0.3, 0.4) is 0 Å². The zero-order valence-electron chi connectivity index (χ0n) is 12.0. The van der Waals surface area contributed by atoms with Crippen molar-refractivity contribution in [1.29, 1.82) is 0 Å². The van der Waals surface area contributed by atoms with Crippen LogP contribution >= 0.6 is 27.7 Å². The number of hydrogen-bond donors (Lipinski definition) is 1. The zero-order valence-corrected chi connectivity index (χ0v) is 14.5. The van der Waals surface area contributed by atoms with Gasteiger partial charge < -0.3 is 5.32 Å². The molecule has 0 aromatic heterocycles. The number of amides is 1. The van der Waals surface area contributed by atoms with Gasteiger partial charge in [-0.2, -0.15) is 11.8 Å². The van der Waals surface area contributed by atoms with Gasteiger partial charge in [-0.15, -0.1) is 0 Å². The van der Waals surface area contributed by atoms with Gasteiger partial charge in [0, 0.05) is 21.3 Å². The van der Waals surface area contributed by atoms with Crippen LogP contribution in [-0.2, 0) is 0 Å². The van der Waals surface area contributed by atoms with Crippen molar-refractivity contribution in [1.82, 2.24) is 5.32 Å². The number of carbonyl (C=O) groups excluding carboxylic acids is 1. The maximum atomic E-state index is 12.2. The van der Waals surface area contributed by atoms with Crippen LogP contribution in [0, 0.1) is 6.92 Å². The highest BCUT2D eigenvalue weighted by Gasteiger charge is 2.25. The summed E-state index contributed by atoms with van der Waals surface area (Å²) in [6.45, 7) is 7.06. The van der Waals surface area contributed by atoms with Gasteiger partial charge in [-0.05, 0) is 49.8 Å². The third-order valence-electron chi connectivity index (χ3n) is 3.60. The number of hydrogen-bond acceptors (Lipinski definition) is 2. The van der Waals surface area contributed by atoms with Gasteiger partial charge in [-0.3, -0.25) is 4.79 Å². The van der Waals surface area contributed by atoms with Crippen molar-refractivity contribution in [3.63, 3.8) is 0 Å². The van der Waals surface area contributed by atoms with E-state index in [0.717, 1.165) is 22.9 Å². The average Bonchev–Trinajstić information content (AvgIpc) is 2.39. The Morgan fingerprint density at radius 1 is 1.32 bits per heavy atom. The van der Waals surface area contributed by atoms with Crippen LogP contribution in [0.5, 0.6) is 0 Å². The second kappa shape index (κ2) is 7.34. The van der Waals surface area contributed by atoms with Crippen LogP contribution in [0.15, 0.2) is 22.7 Å². The predicted octanol–water partition coefficient (Wildman–Crippen LogP) is 4.41. The Bertz CT molecular complexity index is 415. The molecular formula is C15H22BrNOS. The van der Waals surface area contributed by atoms with E-state index in [1.807, 2.05) is 36.9 Å². The Morgan fingerprint density at radius 3 is 2.42 bits per heavy atom. The predicted molar refractivity (Wildman–Crippen MR) is 88.0 cm³/mol. The highest BCUT2D eigenvalue weighted by atomic mass is 79.9. The second-order valence-electron chi connectivity index (χ2n) is 4.79. The van der Waals surface area contributed by atoms with Gasteiger partial charge in [0.25, 0.3) is 5.91 Å². The van der Waals surface area contributed by atoms with Gasteiger partial charge in [0.15, 0.2) is 0 Å². The Balaban J connectivity index is 2.74. The van der Waals surface area contributed by atoms with Crippen LogP contribution in [0.4, 0.5) is 0 Å². The Morgan fingerprint density at radius 2 is 1.95 bits per heavy atom. The first kappa shape index (κ1) is 16.6. The van der Waals surface area contributed by atoms with Crippen molar-refractivity contribution in [3.8, 4) is 0 Å². The molecule has 19 heavy (non-hydrogen) atoms. The largest absolute Gasteiger partial charge is 0.351 e. The van der Waals surface area contributed by atoms with Crippen LogP contribution in [0.1, 0.15) is 42.6 Å². The fraction of sp³-hybridized carbons (Fsp3) is 0.533. The summed E-state index contributed by atoms with van der Waals surface area (Å²) in [6, 6.07) is 5.78. The number of nitrogens with one attached hydrogen (secondary N) is 1. The summed E-state index contributed by atoms with van der Waals surface area (Å²) in [5, 5.41) is 3.07. The molecule has 106 valence electrons. The van der Waals surface area contributed by atoms with E-state index in [4.69, 9.17) is 0 Å². The van der Waals surface area contributed by atoms with Gasteiger partial charge in [0.2, 0.25) is 0 Å². The molecule has 0 fully saturated rings. The summed E-state index contributed by atoms with van der Waals surface area (Å²) in [7, 11) is 0. The lowest BCUT2D eigenvalue weighted by atomic mass is 10.0. The van der Waals surface area contributed by atoms with Crippen molar-refractivity contribution in [2.24, 2.45) is 0 Å². The maximum Gasteiger partial charge on any atom is 0.251 e. The van der Waals surface area contributed by atoms with E-state index in [9.17, 15) is 4.79 Å². The molecule has 1 aromatic carbocycles. The molecule has 0 aliphatic heterocycles. The van der Waals surface area contributed by atoms with Gasteiger partial charge >= 0.3 is 0 Å². The highest BCUT2D eigenvalue weighted by Crippen LogP contribution is 2.29. The van der Waals surface area contributed by atoms with Crippen molar-refractivity contribution >= 4 is 33.6 Å². The molecule has 1 N–H and O–H groups in total. The topological polar surface area (TPSA) is 29.1 Å². The quantitative estimate of drug-likeness (QED) is 0.828. The van der Waals surface area contributed by atoms with E-state index in [0.29, 0.717) is 12.1 Å². The second-order valence-corrected chi connectivity index (χ2v) is 6.98. The number of carbonyl (C=O) groups is 1. The number of halogens is 1. The Labute approximate surface area is 128 Å². The molecule has 2 nitrogen and oxygen atoms in total. The lowest BCUT2D eigenvalue weighted by Crippen LogP contribution is -2.39. The van der Waals surface area contributed by atoms with Crippen LogP contribution in [0.2, 0.25) is 0 Å². The van der Waals surface area contributed by atoms with Gasteiger partial charge in [0.1, 0.15) is 0 Å². The SMILES string of the molecule is CCC(CC)(CNC(=O)c1cc(C)cc(Br)c1)SC. The minimum Gasteiger partial charge on any atom is -0.351 e. The zero-order chi connectivity index (χ0) is 14.5. The smallest absolute Gasteiger partial charge is 0.251 e. The van der Waals surface area contributed by atoms with E-state index in [1.54, 1.807) is 0 Å². The molecule has 0 heterocycles. The van der Waals surface area contributed by atoms with Crippen molar-refractivity contribution in [3.05, 3.63) is 33.8 Å².